The van der Waals surface area contributed by atoms with Crippen LogP contribution in [-0.4, -0.2) is 19.5 Å². The van der Waals surface area contributed by atoms with Gasteiger partial charge in [-0.05, 0) is 38.0 Å². The molecule has 0 radical (unpaired) electrons. The maximum atomic E-state index is 5.69. The van der Waals surface area contributed by atoms with E-state index < -0.39 is 0 Å². The van der Waals surface area contributed by atoms with Crippen LogP contribution in [0.4, 0.5) is 0 Å². The van der Waals surface area contributed by atoms with Crippen LogP contribution in [0.25, 0.3) is 0 Å². The van der Waals surface area contributed by atoms with Gasteiger partial charge in [-0.15, -0.1) is 6.58 Å². The first kappa shape index (κ1) is 14.7. The Kier molecular flexibility index (Phi) is 8.37. The zero-order valence-electron chi connectivity index (χ0n) is 11.3. The van der Waals surface area contributed by atoms with Crippen molar-refractivity contribution in [1.82, 2.24) is 0 Å². The van der Waals surface area contributed by atoms with Crippen LogP contribution in [0.15, 0.2) is 12.7 Å². The molecule has 1 saturated heterocycles. The highest BCUT2D eigenvalue weighted by Gasteiger charge is 2.13. The van der Waals surface area contributed by atoms with Crippen molar-refractivity contribution in [1.29, 1.82) is 0 Å². The molecule has 0 bridgehead atoms. The van der Waals surface area contributed by atoms with Crippen molar-refractivity contribution in [2.24, 2.45) is 5.92 Å². The molecule has 100 valence electrons. The van der Waals surface area contributed by atoms with Crippen LogP contribution in [0.5, 0.6) is 0 Å². The first-order chi connectivity index (χ1) is 8.33. The fourth-order valence-corrected chi connectivity index (χ4v) is 2.10. The third-order valence-electron chi connectivity index (χ3n) is 3.40. The van der Waals surface area contributed by atoms with Crippen molar-refractivity contribution in [3.05, 3.63) is 12.7 Å². The van der Waals surface area contributed by atoms with E-state index in [1.54, 1.807) is 0 Å². The second-order valence-electron chi connectivity index (χ2n) is 5.08. The van der Waals surface area contributed by atoms with Crippen molar-refractivity contribution in [2.45, 2.75) is 64.6 Å². The molecule has 0 N–H and O–H groups in total. The Labute approximate surface area is 106 Å². The van der Waals surface area contributed by atoms with E-state index in [0.29, 0.717) is 5.92 Å². The minimum absolute atomic E-state index is 0.0875. The SMILES string of the molecule is C=CC(C)CCCCCCOC1CCCCO1. The molecule has 0 aromatic carbocycles. The third-order valence-corrected chi connectivity index (χ3v) is 3.40. The molecule has 1 rings (SSSR count). The van der Waals surface area contributed by atoms with Crippen LogP contribution in [0.1, 0.15) is 58.3 Å². The normalized spacial score (nSPS) is 22.3. The molecule has 0 amide bonds. The predicted octanol–water partition coefficient (Wildman–Crippen LogP) is 4.30. The van der Waals surface area contributed by atoms with Gasteiger partial charge in [-0.3, -0.25) is 0 Å². The van der Waals surface area contributed by atoms with Crippen molar-refractivity contribution in [3.8, 4) is 0 Å². The number of ether oxygens (including phenoxy) is 2. The van der Waals surface area contributed by atoms with E-state index in [4.69, 9.17) is 9.47 Å². The lowest BCUT2D eigenvalue weighted by Crippen LogP contribution is -2.22. The summed E-state index contributed by atoms with van der Waals surface area (Å²) in [5, 5.41) is 0. The number of rotatable bonds is 9. The predicted molar refractivity (Wildman–Crippen MR) is 72.0 cm³/mol. The lowest BCUT2D eigenvalue weighted by molar-refractivity contribution is -0.162. The highest BCUT2D eigenvalue weighted by molar-refractivity contribution is 4.74. The monoisotopic (exact) mass is 240 g/mol. The van der Waals surface area contributed by atoms with Crippen LogP contribution in [0.3, 0.4) is 0 Å². The zero-order chi connectivity index (χ0) is 12.3. The molecule has 1 aliphatic heterocycles. The second-order valence-corrected chi connectivity index (χ2v) is 5.08. The number of allylic oxidation sites excluding steroid dienone is 1. The topological polar surface area (TPSA) is 18.5 Å². The van der Waals surface area contributed by atoms with E-state index in [-0.39, 0.29) is 6.29 Å². The molecule has 0 spiro atoms. The Morgan fingerprint density at radius 1 is 1.29 bits per heavy atom. The Bertz CT molecular complexity index is 185. The van der Waals surface area contributed by atoms with Gasteiger partial charge in [0.15, 0.2) is 6.29 Å². The summed E-state index contributed by atoms with van der Waals surface area (Å²) in [5.41, 5.74) is 0. The maximum absolute atomic E-state index is 5.69. The number of unbranched alkanes of at least 4 members (excludes halogenated alkanes) is 3. The van der Waals surface area contributed by atoms with Gasteiger partial charge in [0.25, 0.3) is 0 Å². The highest BCUT2D eigenvalue weighted by atomic mass is 16.7. The molecule has 0 aromatic heterocycles. The summed E-state index contributed by atoms with van der Waals surface area (Å²) in [6.45, 7) is 7.78. The van der Waals surface area contributed by atoms with Gasteiger partial charge >= 0.3 is 0 Å². The summed E-state index contributed by atoms with van der Waals surface area (Å²) in [5.74, 6) is 0.668. The van der Waals surface area contributed by atoms with Crippen LogP contribution >= 0.6 is 0 Å². The van der Waals surface area contributed by atoms with Gasteiger partial charge in [0, 0.05) is 13.2 Å². The van der Waals surface area contributed by atoms with Gasteiger partial charge in [0.2, 0.25) is 0 Å². The van der Waals surface area contributed by atoms with E-state index >= 15 is 0 Å². The van der Waals surface area contributed by atoms with Gasteiger partial charge < -0.3 is 9.47 Å². The molecule has 0 aliphatic carbocycles. The van der Waals surface area contributed by atoms with E-state index in [1.165, 1.54) is 44.9 Å². The molecular formula is C15H28O2. The highest BCUT2D eigenvalue weighted by Crippen LogP contribution is 2.15. The standard InChI is InChI=1S/C15H28O2/c1-3-14(2)10-6-4-5-8-12-16-15-11-7-9-13-17-15/h3,14-15H,1,4-13H2,2H3. The molecule has 1 heterocycles. The molecule has 0 saturated carbocycles. The average Bonchev–Trinajstić information content (AvgIpc) is 2.38. The minimum atomic E-state index is 0.0875. The first-order valence-corrected chi connectivity index (χ1v) is 7.18. The summed E-state index contributed by atoms with van der Waals surface area (Å²) < 4.78 is 11.2. The van der Waals surface area contributed by atoms with Crippen molar-refractivity contribution >= 4 is 0 Å². The lowest BCUT2D eigenvalue weighted by Gasteiger charge is -2.22. The van der Waals surface area contributed by atoms with Gasteiger partial charge in [-0.25, -0.2) is 0 Å². The Morgan fingerprint density at radius 3 is 2.82 bits per heavy atom. The molecule has 17 heavy (non-hydrogen) atoms. The fourth-order valence-electron chi connectivity index (χ4n) is 2.10. The molecule has 2 nitrogen and oxygen atoms in total. The van der Waals surface area contributed by atoms with Gasteiger partial charge in [0.1, 0.15) is 0 Å². The zero-order valence-corrected chi connectivity index (χ0v) is 11.3. The summed E-state index contributed by atoms with van der Waals surface area (Å²) >= 11 is 0. The van der Waals surface area contributed by atoms with E-state index in [1.807, 2.05) is 6.08 Å². The second kappa shape index (κ2) is 9.67. The van der Waals surface area contributed by atoms with Gasteiger partial charge in [-0.1, -0.05) is 32.3 Å². The van der Waals surface area contributed by atoms with E-state index in [0.717, 1.165) is 19.6 Å². The Balaban J connectivity index is 1.82. The summed E-state index contributed by atoms with van der Waals surface area (Å²) in [7, 11) is 0. The first-order valence-electron chi connectivity index (χ1n) is 7.18. The number of hydrogen-bond donors (Lipinski definition) is 0. The minimum Gasteiger partial charge on any atom is -0.353 e. The number of hydrogen-bond acceptors (Lipinski definition) is 2. The van der Waals surface area contributed by atoms with Crippen LogP contribution in [-0.2, 0) is 9.47 Å². The fraction of sp³-hybridized carbons (Fsp3) is 0.867. The summed E-state index contributed by atoms with van der Waals surface area (Å²) in [6, 6.07) is 0. The van der Waals surface area contributed by atoms with Crippen LogP contribution in [0.2, 0.25) is 0 Å². The lowest BCUT2D eigenvalue weighted by atomic mass is 10.0. The van der Waals surface area contributed by atoms with Crippen LogP contribution < -0.4 is 0 Å². The molecule has 1 fully saturated rings. The van der Waals surface area contributed by atoms with E-state index in [2.05, 4.69) is 13.5 Å². The molecular weight excluding hydrogens is 212 g/mol. The van der Waals surface area contributed by atoms with Crippen molar-refractivity contribution < 1.29 is 9.47 Å². The molecule has 2 heteroatoms. The molecule has 2 unspecified atom stereocenters. The molecule has 2 atom stereocenters. The third kappa shape index (κ3) is 7.56. The smallest absolute Gasteiger partial charge is 0.157 e. The van der Waals surface area contributed by atoms with Gasteiger partial charge in [0.05, 0.1) is 0 Å². The van der Waals surface area contributed by atoms with E-state index in [9.17, 15) is 0 Å². The largest absolute Gasteiger partial charge is 0.353 e. The maximum Gasteiger partial charge on any atom is 0.157 e. The summed E-state index contributed by atoms with van der Waals surface area (Å²) in [6.07, 6.45) is 12.0. The Hall–Kier alpha value is -0.340. The Morgan fingerprint density at radius 2 is 2.12 bits per heavy atom. The van der Waals surface area contributed by atoms with Gasteiger partial charge in [-0.2, -0.15) is 0 Å². The average molecular weight is 240 g/mol. The summed E-state index contributed by atoms with van der Waals surface area (Å²) in [4.78, 5) is 0. The van der Waals surface area contributed by atoms with Crippen LogP contribution in [0, 0.1) is 5.92 Å². The molecule has 1 aliphatic rings. The van der Waals surface area contributed by atoms with Crippen molar-refractivity contribution in [2.75, 3.05) is 13.2 Å². The molecule has 0 aromatic rings. The quantitative estimate of drug-likeness (QED) is 0.442. The van der Waals surface area contributed by atoms with Crippen molar-refractivity contribution in [3.63, 3.8) is 0 Å².